The first-order valence-corrected chi connectivity index (χ1v) is 10.7. The van der Waals surface area contributed by atoms with Gasteiger partial charge in [0.25, 0.3) is 0 Å². The number of ketones is 1. The molecule has 162 valence electrons. The van der Waals surface area contributed by atoms with E-state index in [-0.39, 0.29) is 23.8 Å². The minimum absolute atomic E-state index is 0.0144. The number of nitriles is 1. The molecule has 0 spiro atoms. The molecule has 4 rings (SSSR count). The SMILES string of the molecule is N#Cc1ccccc1NCCCN1CC2CN(CC(=O)c3ccc(F)cc3)CC(C1)O2. The smallest absolute Gasteiger partial charge is 0.176 e. The van der Waals surface area contributed by atoms with Crippen molar-refractivity contribution < 1.29 is 13.9 Å². The van der Waals surface area contributed by atoms with Crippen molar-refractivity contribution in [1.29, 1.82) is 5.26 Å². The van der Waals surface area contributed by atoms with Crippen molar-refractivity contribution in [2.45, 2.75) is 18.6 Å². The average Bonchev–Trinajstić information content (AvgIpc) is 2.77. The van der Waals surface area contributed by atoms with Crippen molar-refractivity contribution in [1.82, 2.24) is 9.80 Å². The summed E-state index contributed by atoms with van der Waals surface area (Å²) in [4.78, 5) is 17.1. The van der Waals surface area contributed by atoms with E-state index in [1.54, 1.807) is 12.1 Å². The van der Waals surface area contributed by atoms with Crippen LogP contribution >= 0.6 is 0 Å². The highest BCUT2D eigenvalue weighted by Crippen LogP contribution is 2.20. The molecule has 2 aliphatic heterocycles. The zero-order valence-corrected chi connectivity index (χ0v) is 17.5. The summed E-state index contributed by atoms with van der Waals surface area (Å²) >= 11 is 0. The summed E-state index contributed by atoms with van der Waals surface area (Å²) in [7, 11) is 0. The van der Waals surface area contributed by atoms with Gasteiger partial charge in [0.1, 0.15) is 11.9 Å². The number of fused-ring (bicyclic) bond motifs is 2. The Balaban J connectivity index is 1.21. The molecule has 31 heavy (non-hydrogen) atoms. The maximum Gasteiger partial charge on any atom is 0.176 e. The van der Waals surface area contributed by atoms with Gasteiger partial charge in [0.2, 0.25) is 0 Å². The number of nitrogens with zero attached hydrogens (tertiary/aromatic N) is 3. The summed E-state index contributed by atoms with van der Waals surface area (Å²) in [5, 5.41) is 12.5. The number of hydrogen-bond donors (Lipinski definition) is 1. The number of Topliss-reactive ketones (excluding diaryl/α,β-unsaturated/α-hetero) is 1. The highest BCUT2D eigenvalue weighted by atomic mass is 19.1. The van der Waals surface area contributed by atoms with E-state index in [0.717, 1.165) is 51.4 Å². The van der Waals surface area contributed by atoms with Crippen LogP contribution in [-0.4, -0.2) is 73.6 Å². The third-order valence-corrected chi connectivity index (χ3v) is 5.78. The maximum atomic E-state index is 13.1. The lowest BCUT2D eigenvalue weighted by atomic mass is 10.1. The fourth-order valence-electron chi connectivity index (χ4n) is 4.36. The number of anilines is 1. The van der Waals surface area contributed by atoms with Crippen LogP contribution in [0.15, 0.2) is 48.5 Å². The molecule has 2 heterocycles. The van der Waals surface area contributed by atoms with Crippen LogP contribution in [0, 0.1) is 17.1 Å². The summed E-state index contributed by atoms with van der Waals surface area (Å²) in [6, 6.07) is 15.5. The number of carbonyl (C=O) groups is 1. The molecule has 2 atom stereocenters. The predicted molar refractivity (Wildman–Crippen MR) is 117 cm³/mol. The van der Waals surface area contributed by atoms with E-state index >= 15 is 0 Å². The van der Waals surface area contributed by atoms with E-state index in [9.17, 15) is 14.4 Å². The van der Waals surface area contributed by atoms with E-state index in [0.29, 0.717) is 17.7 Å². The highest BCUT2D eigenvalue weighted by Gasteiger charge is 2.35. The molecule has 0 aromatic heterocycles. The molecule has 7 heteroatoms. The topological polar surface area (TPSA) is 68.6 Å². The average molecular weight is 423 g/mol. The Morgan fingerprint density at radius 1 is 1.06 bits per heavy atom. The van der Waals surface area contributed by atoms with E-state index in [1.807, 2.05) is 24.3 Å². The molecule has 0 amide bonds. The Bertz CT molecular complexity index is 929. The lowest BCUT2D eigenvalue weighted by Crippen LogP contribution is -2.60. The predicted octanol–water partition coefficient (Wildman–Crippen LogP) is 2.77. The molecular formula is C24H27FN4O2. The molecule has 6 nitrogen and oxygen atoms in total. The zero-order valence-electron chi connectivity index (χ0n) is 17.5. The van der Waals surface area contributed by atoms with Crippen LogP contribution in [-0.2, 0) is 4.74 Å². The van der Waals surface area contributed by atoms with E-state index in [2.05, 4.69) is 21.2 Å². The first-order chi connectivity index (χ1) is 15.1. The number of carbonyl (C=O) groups excluding carboxylic acids is 1. The van der Waals surface area contributed by atoms with Crippen LogP contribution in [0.2, 0.25) is 0 Å². The minimum atomic E-state index is -0.331. The lowest BCUT2D eigenvalue weighted by molar-refractivity contribution is -0.136. The Kier molecular flexibility index (Phi) is 6.92. The van der Waals surface area contributed by atoms with Gasteiger partial charge in [0.05, 0.1) is 30.0 Å². The highest BCUT2D eigenvalue weighted by molar-refractivity contribution is 5.97. The summed E-state index contributed by atoms with van der Waals surface area (Å²) in [5.41, 5.74) is 2.09. The molecular weight excluding hydrogens is 395 g/mol. The summed E-state index contributed by atoms with van der Waals surface area (Å²) in [6.45, 7) is 5.28. The van der Waals surface area contributed by atoms with Crippen LogP contribution in [0.3, 0.4) is 0 Å². The minimum Gasteiger partial charge on any atom is -0.384 e. The third-order valence-electron chi connectivity index (χ3n) is 5.78. The van der Waals surface area contributed by atoms with Crippen molar-refractivity contribution in [3.05, 3.63) is 65.5 Å². The molecule has 2 aromatic carbocycles. The number of ether oxygens (including phenoxy) is 1. The fourth-order valence-corrected chi connectivity index (χ4v) is 4.36. The van der Waals surface area contributed by atoms with E-state index in [4.69, 9.17) is 4.74 Å². The molecule has 1 N–H and O–H groups in total. The Labute approximate surface area is 182 Å². The van der Waals surface area contributed by atoms with Crippen LogP contribution in [0.25, 0.3) is 0 Å². The second kappa shape index (κ2) is 10.0. The number of morpholine rings is 2. The summed E-state index contributed by atoms with van der Waals surface area (Å²) in [5.74, 6) is -0.317. The van der Waals surface area contributed by atoms with Gasteiger partial charge in [-0.25, -0.2) is 4.39 Å². The normalized spacial score (nSPS) is 21.4. The number of hydrogen-bond acceptors (Lipinski definition) is 6. The number of para-hydroxylation sites is 1. The number of rotatable bonds is 8. The molecule has 2 saturated heterocycles. The van der Waals surface area contributed by atoms with Gasteiger partial charge >= 0.3 is 0 Å². The first kappa shape index (κ1) is 21.4. The van der Waals surface area contributed by atoms with Gasteiger partial charge in [0, 0.05) is 44.8 Å². The first-order valence-electron chi connectivity index (χ1n) is 10.7. The quantitative estimate of drug-likeness (QED) is 0.521. The van der Waals surface area contributed by atoms with Gasteiger partial charge < -0.3 is 10.1 Å². The van der Waals surface area contributed by atoms with Gasteiger partial charge in [0.15, 0.2) is 5.78 Å². The molecule has 2 aromatic rings. The lowest BCUT2D eigenvalue weighted by Gasteiger charge is -2.45. The second-order valence-electron chi connectivity index (χ2n) is 8.20. The van der Waals surface area contributed by atoms with Crippen molar-refractivity contribution in [2.75, 3.05) is 51.1 Å². The van der Waals surface area contributed by atoms with Gasteiger partial charge in [-0.05, 0) is 42.8 Å². The number of benzene rings is 2. The standard InChI is InChI=1S/C24H27FN4O2/c25-20-8-6-18(7-9-20)24(30)17-29-15-21-13-28(14-22(16-29)31-21)11-3-10-27-23-5-2-1-4-19(23)12-26/h1-2,4-9,21-22,27H,3,10-11,13-17H2. The van der Waals surface area contributed by atoms with Crippen LogP contribution < -0.4 is 5.32 Å². The maximum absolute atomic E-state index is 13.1. The van der Waals surface area contributed by atoms with Gasteiger partial charge in [-0.1, -0.05) is 12.1 Å². The second-order valence-corrected chi connectivity index (χ2v) is 8.20. The van der Waals surface area contributed by atoms with Crippen LogP contribution in [0.5, 0.6) is 0 Å². The van der Waals surface area contributed by atoms with Gasteiger partial charge in [-0.2, -0.15) is 5.26 Å². The number of halogens is 1. The van der Waals surface area contributed by atoms with Crippen molar-refractivity contribution in [3.63, 3.8) is 0 Å². The molecule has 0 aliphatic carbocycles. The molecule has 2 aliphatic rings. The van der Waals surface area contributed by atoms with Crippen molar-refractivity contribution in [2.24, 2.45) is 0 Å². The zero-order chi connectivity index (χ0) is 21.6. The molecule has 2 fully saturated rings. The van der Waals surface area contributed by atoms with Crippen molar-refractivity contribution >= 4 is 11.5 Å². The van der Waals surface area contributed by atoms with Gasteiger partial charge in [-0.15, -0.1) is 0 Å². The Morgan fingerprint density at radius 3 is 2.45 bits per heavy atom. The fraction of sp³-hybridized carbons (Fsp3) is 0.417. The summed E-state index contributed by atoms with van der Waals surface area (Å²) < 4.78 is 19.2. The van der Waals surface area contributed by atoms with Crippen LogP contribution in [0.4, 0.5) is 10.1 Å². The van der Waals surface area contributed by atoms with Gasteiger partial charge in [-0.3, -0.25) is 14.6 Å². The Morgan fingerprint density at radius 2 is 1.74 bits per heavy atom. The molecule has 2 bridgehead atoms. The molecule has 0 saturated carbocycles. The Hall–Kier alpha value is -2.79. The van der Waals surface area contributed by atoms with Crippen LogP contribution in [0.1, 0.15) is 22.3 Å². The van der Waals surface area contributed by atoms with E-state index in [1.165, 1.54) is 12.1 Å². The van der Waals surface area contributed by atoms with E-state index < -0.39 is 0 Å². The monoisotopic (exact) mass is 422 g/mol. The summed E-state index contributed by atoms with van der Waals surface area (Å²) in [6.07, 6.45) is 1.17. The van der Waals surface area contributed by atoms with Crippen molar-refractivity contribution in [3.8, 4) is 6.07 Å². The third kappa shape index (κ3) is 5.67. The molecule has 2 unspecified atom stereocenters. The largest absolute Gasteiger partial charge is 0.384 e. The molecule has 0 radical (unpaired) electrons. The number of nitrogens with one attached hydrogen (secondary N) is 1.